The Morgan fingerprint density at radius 3 is 2.69 bits per heavy atom. The van der Waals surface area contributed by atoms with E-state index in [0.29, 0.717) is 6.61 Å². The maximum atomic E-state index is 6.81. The van der Waals surface area contributed by atoms with Crippen LogP contribution in [-0.2, 0) is 26.0 Å². The third-order valence-corrected chi connectivity index (χ3v) is 6.52. The van der Waals surface area contributed by atoms with Crippen molar-refractivity contribution in [2.24, 2.45) is 0 Å². The molecule has 0 saturated carbocycles. The fraction of sp³-hybridized carbons (Fsp3) is 0.370. The van der Waals surface area contributed by atoms with Crippen LogP contribution in [0.15, 0.2) is 48.5 Å². The normalized spacial score (nSPS) is 13.7. The second-order valence-corrected chi connectivity index (χ2v) is 9.12. The number of ether oxygens (including phenoxy) is 1. The molecule has 2 heterocycles. The Bertz CT molecular complexity index is 1240. The van der Waals surface area contributed by atoms with Gasteiger partial charge in [-0.25, -0.2) is 4.98 Å². The third-order valence-electron chi connectivity index (χ3n) is 6.52. The maximum Gasteiger partial charge on any atom is 0.143 e. The standard InChI is InChI=1S/C27H32N4O/c1-30(2)15-8-16-31-24-14-13-20(32-18-19-9-4-3-5-10-19)17-22(24)25-26(28)21-11-6-7-12-23(21)29-27(25)31/h3-5,9-10,13-14,17H,6-8,11-12,15-16,18H2,1-2H3,(H2,28,29). The van der Waals surface area contributed by atoms with Gasteiger partial charge in [-0.15, -0.1) is 0 Å². The predicted molar refractivity (Wildman–Crippen MR) is 132 cm³/mol. The molecule has 0 unspecified atom stereocenters. The molecule has 0 fully saturated rings. The number of benzene rings is 2. The van der Waals surface area contributed by atoms with Gasteiger partial charge >= 0.3 is 0 Å². The molecule has 2 N–H and O–H groups in total. The zero-order valence-electron chi connectivity index (χ0n) is 19.1. The van der Waals surface area contributed by atoms with Gasteiger partial charge in [-0.3, -0.25) is 0 Å². The SMILES string of the molecule is CN(C)CCCn1c2ccc(OCc3ccccc3)cc2c2c(N)c3c(nc21)CCCC3. The van der Waals surface area contributed by atoms with Gasteiger partial charge in [0, 0.05) is 23.3 Å². The molecule has 2 aromatic carbocycles. The molecule has 0 amide bonds. The number of rotatable bonds is 7. The molecule has 0 spiro atoms. The van der Waals surface area contributed by atoms with E-state index in [0.717, 1.165) is 65.8 Å². The number of anilines is 1. The van der Waals surface area contributed by atoms with E-state index in [1.54, 1.807) is 0 Å². The quantitative estimate of drug-likeness (QED) is 0.441. The highest BCUT2D eigenvalue weighted by Gasteiger charge is 2.22. The number of pyridine rings is 1. The molecule has 0 aliphatic heterocycles. The van der Waals surface area contributed by atoms with Gasteiger partial charge in [-0.1, -0.05) is 30.3 Å². The van der Waals surface area contributed by atoms with Crippen LogP contribution in [0.25, 0.3) is 21.9 Å². The average molecular weight is 429 g/mol. The zero-order chi connectivity index (χ0) is 22.1. The number of nitrogens with zero attached hydrogens (tertiary/aromatic N) is 3. The molecule has 5 heteroatoms. The number of fused-ring (bicyclic) bond motifs is 4. The Kier molecular flexibility index (Phi) is 5.75. The smallest absolute Gasteiger partial charge is 0.143 e. The van der Waals surface area contributed by atoms with E-state index in [1.165, 1.54) is 29.6 Å². The minimum absolute atomic E-state index is 0.553. The Balaban J connectivity index is 1.59. The molecule has 0 radical (unpaired) electrons. The number of aryl methyl sites for hydroxylation is 2. The number of hydrogen-bond acceptors (Lipinski definition) is 4. The van der Waals surface area contributed by atoms with Crippen LogP contribution >= 0.6 is 0 Å². The topological polar surface area (TPSA) is 56.3 Å². The van der Waals surface area contributed by atoms with Gasteiger partial charge in [0.1, 0.15) is 18.0 Å². The van der Waals surface area contributed by atoms with E-state index in [1.807, 2.05) is 18.2 Å². The van der Waals surface area contributed by atoms with Crippen molar-refractivity contribution in [2.45, 2.75) is 45.3 Å². The van der Waals surface area contributed by atoms with Crippen molar-refractivity contribution in [1.82, 2.24) is 14.5 Å². The Morgan fingerprint density at radius 2 is 1.88 bits per heavy atom. The molecule has 0 bridgehead atoms. The summed E-state index contributed by atoms with van der Waals surface area (Å²) in [4.78, 5) is 7.39. The summed E-state index contributed by atoms with van der Waals surface area (Å²) in [5.41, 5.74) is 13.5. The summed E-state index contributed by atoms with van der Waals surface area (Å²) in [6.07, 6.45) is 5.51. The van der Waals surface area contributed by atoms with E-state index in [9.17, 15) is 0 Å². The summed E-state index contributed by atoms with van der Waals surface area (Å²) in [5.74, 6) is 0.866. The Hall–Kier alpha value is -3.05. The van der Waals surface area contributed by atoms with Gasteiger partial charge in [-0.2, -0.15) is 0 Å². The van der Waals surface area contributed by atoms with Crippen LogP contribution in [0.5, 0.6) is 5.75 Å². The summed E-state index contributed by atoms with van der Waals surface area (Å²) < 4.78 is 8.51. The van der Waals surface area contributed by atoms with Gasteiger partial charge in [0.2, 0.25) is 0 Å². The second kappa shape index (κ2) is 8.83. The molecular weight excluding hydrogens is 396 g/mol. The van der Waals surface area contributed by atoms with Crippen LogP contribution in [0.1, 0.15) is 36.1 Å². The third kappa shape index (κ3) is 3.93. The van der Waals surface area contributed by atoms with Crippen LogP contribution in [0.4, 0.5) is 5.69 Å². The van der Waals surface area contributed by atoms with E-state index in [-0.39, 0.29) is 0 Å². The Labute approximate surface area is 189 Å². The lowest BCUT2D eigenvalue weighted by atomic mass is 9.93. The van der Waals surface area contributed by atoms with Crippen molar-refractivity contribution < 1.29 is 4.74 Å². The van der Waals surface area contributed by atoms with Gasteiger partial charge in [-0.05, 0) is 82.1 Å². The first-order valence-corrected chi connectivity index (χ1v) is 11.7. The molecule has 1 aliphatic carbocycles. The molecule has 1 aliphatic rings. The van der Waals surface area contributed by atoms with Crippen molar-refractivity contribution in [3.05, 3.63) is 65.4 Å². The molecule has 4 aromatic rings. The lowest BCUT2D eigenvalue weighted by Crippen LogP contribution is -2.15. The predicted octanol–water partition coefficient (Wildman–Crippen LogP) is 5.18. The summed E-state index contributed by atoms with van der Waals surface area (Å²) in [5, 5.41) is 2.24. The number of hydrogen-bond donors (Lipinski definition) is 1. The molecule has 166 valence electrons. The van der Waals surface area contributed by atoms with Gasteiger partial charge < -0.3 is 19.9 Å². The summed E-state index contributed by atoms with van der Waals surface area (Å²) in [6.45, 7) is 2.52. The number of aromatic nitrogens is 2. The monoisotopic (exact) mass is 428 g/mol. The van der Waals surface area contributed by atoms with Crippen molar-refractivity contribution >= 4 is 27.6 Å². The molecule has 2 aromatic heterocycles. The summed E-state index contributed by atoms with van der Waals surface area (Å²) >= 11 is 0. The van der Waals surface area contributed by atoms with Crippen LogP contribution in [0, 0.1) is 0 Å². The first-order chi connectivity index (χ1) is 15.6. The Morgan fingerprint density at radius 1 is 1.06 bits per heavy atom. The minimum atomic E-state index is 0.553. The minimum Gasteiger partial charge on any atom is -0.489 e. The first kappa shape index (κ1) is 20.8. The van der Waals surface area contributed by atoms with Gasteiger partial charge in [0.05, 0.1) is 10.9 Å². The first-order valence-electron chi connectivity index (χ1n) is 11.7. The van der Waals surface area contributed by atoms with Crippen LogP contribution < -0.4 is 10.5 Å². The van der Waals surface area contributed by atoms with E-state index in [2.05, 4.69) is 53.9 Å². The lowest BCUT2D eigenvalue weighted by Gasteiger charge is -2.18. The van der Waals surface area contributed by atoms with Crippen molar-refractivity contribution in [2.75, 3.05) is 26.4 Å². The summed E-state index contributed by atoms with van der Waals surface area (Å²) in [7, 11) is 4.24. The number of nitrogens with two attached hydrogens (primary N) is 1. The van der Waals surface area contributed by atoms with Crippen LogP contribution in [0.2, 0.25) is 0 Å². The molecule has 5 rings (SSSR count). The van der Waals surface area contributed by atoms with E-state index in [4.69, 9.17) is 15.5 Å². The fourth-order valence-corrected chi connectivity index (χ4v) is 4.89. The van der Waals surface area contributed by atoms with Crippen molar-refractivity contribution in [1.29, 1.82) is 0 Å². The molecule has 0 atom stereocenters. The van der Waals surface area contributed by atoms with E-state index < -0.39 is 0 Å². The number of nitrogen functional groups attached to an aromatic ring is 1. The molecule has 32 heavy (non-hydrogen) atoms. The fourth-order valence-electron chi connectivity index (χ4n) is 4.89. The highest BCUT2D eigenvalue weighted by Crippen LogP contribution is 2.39. The largest absolute Gasteiger partial charge is 0.489 e. The van der Waals surface area contributed by atoms with Crippen molar-refractivity contribution in [3.63, 3.8) is 0 Å². The van der Waals surface area contributed by atoms with Gasteiger partial charge in [0.15, 0.2) is 0 Å². The van der Waals surface area contributed by atoms with Crippen molar-refractivity contribution in [3.8, 4) is 5.75 Å². The van der Waals surface area contributed by atoms with Crippen LogP contribution in [0.3, 0.4) is 0 Å². The molecule has 0 saturated heterocycles. The maximum absolute atomic E-state index is 6.81. The second-order valence-electron chi connectivity index (χ2n) is 9.12. The lowest BCUT2D eigenvalue weighted by molar-refractivity contribution is 0.306. The highest BCUT2D eigenvalue weighted by atomic mass is 16.5. The molecular formula is C27H32N4O. The van der Waals surface area contributed by atoms with E-state index >= 15 is 0 Å². The highest BCUT2D eigenvalue weighted by molar-refractivity contribution is 6.13. The van der Waals surface area contributed by atoms with Crippen LogP contribution in [-0.4, -0.2) is 35.1 Å². The zero-order valence-corrected chi connectivity index (χ0v) is 19.1. The molecule has 5 nitrogen and oxygen atoms in total. The summed E-state index contributed by atoms with van der Waals surface area (Å²) in [6, 6.07) is 16.7. The average Bonchev–Trinajstić information content (AvgIpc) is 3.11. The van der Waals surface area contributed by atoms with Gasteiger partial charge in [0.25, 0.3) is 0 Å².